The third-order valence-corrected chi connectivity index (χ3v) is 7.73. The molecule has 0 bridgehead atoms. The molecule has 11 nitrogen and oxygen atoms in total. The number of ketones is 4. The van der Waals surface area contributed by atoms with Gasteiger partial charge in [0.05, 0.1) is 17.5 Å². The third-order valence-electron chi connectivity index (χ3n) is 7.42. The minimum Gasteiger partial charge on any atom is -0.504 e. The minimum atomic E-state index is -2.76. The fraction of sp³-hybridized carbons (Fsp3) is 0.565. The fourth-order valence-corrected chi connectivity index (χ4v) is 6.14. The van der Waals surface area contributed by atoms with Crippen LogP contribution in [0.4, 0.5) is 5.82 Å². The molecule has 188 valence electrons. The zero-order valence-electron chi connectivity index (χ0n) is 19.5. The first-order valence-corrected chi connectivity index (χ1v) is 11.7. The summed E-state index contributed by atoms with van der Waals surface area (Å²) in [5.74, 6) is -11.1. The molecule has 3 aliphatic rings. The number of nitrogens with one attached hydrogen (secondary N) is 1. The number of hydrogen-bond donors (Lipinski definition) is 4. The van der Waals surface area contributed by atoms with Crippen LogP contribution in [0.2, 0.25) is 5.15 Å². The summed E-state index contributed by atoms with van der Waals surface area (Å²) in [5, 5.41) is 25.2. The van der Waals surface area contributed by atoms with Gasteiger partial charge in [-0.15, -0.1) is 0 Å². The number of Topliss-reactive ketones (excluding diaryl/α,β-unsaturated/α-hetero) is 4. The lowest BCUT2D eigenvalue weighted by molar-refractivity contribution is -0.181. The second kappa shape index (κ2) is 8.65. The molecule has 0 aliphatic heterocycles. The maximum atomic E-state index is 13.7. The van der Waals surface area contributed by atoms with E-state index in [4.69, 9.17) is 17.3 Å². The Kier molecular flexibility index (Phi) is 6.23. The molecule has 0 saturated heterocycles. The molecule has 1 aromatic rings. The van der Waals surface area contributed by atoms with Crippen LogP contribution in [0, 0.1) is 23.7 Å². The summed E-state index contributed by atoms with van der Waals surface area (Å²) in [6.07, 6.45) is 0.729. The van der Waals surface area contributed by atoms with E-state index >= 15 is 0 Å². The molecule has 0 aromatic carbocycles. The van der Waals surface area contributed by atoms with Gasteiger partial charge in [-0.3, -0.25) is 28.9 Å². The summed E-state index contributed by atoms with van der Waals surface area (Å²) in [4.78, 5) is 71.2. The van der Waals surface area contributed by atoms with Crippen molar-refractivity contribution in [2.75, 3.05) is 26.0 Å². The second-order valence-electron chi connectivity index (χ2n) is 9.67. The molecule has 12 heteroatoms. The molecule has 1 heterocycles. The number of nitrogens with zero attached hydrogens (tertiary/aromatic N) is 2. The molecule has 2 unspecified atom stereocenters. The molecule has 3 aliphatic carbocycles. The summed E-state index contributed by atoms with van der Waals surface area (Å²) in [6, 6.07) is -1.15. The van der Waals surface area contributed by atoms with Gasteiger partial charge in [0.15, 0.2) is 46.2 Å². The minimum absolute atomic E-state index is 0.00904. The first kappa shape index (κ1) is 25.2. The molecule has 2 fully saturated rings. The number of aromatic hydroxyl groups is 1. The van der Waals surface area contributed by atoms with Crippen molar-refractivity contribution in [3.05, 3.63) is 16.3 Å². The molecule has 0 spiro atoms. The average Bonchev–Trinajstić information content (AvgIpc) is 2.77. The largest absolute Gasteiger partial charge is 0.504 e. The fourth-order valence-electron chi connectivity index (χ4n) is 5.88. The van der Waals surface area contributed by atoms with E-state index in [2.05, 4.69) is 10.3 Å². The van der Waals surface area contributed by atoms with Crippen molar-refractivity contribution in [1.29, 1.82) is 0 Å². The van der Waals surface area contributed by atoms with Crippen LogP contribution in [0.1, 0.15) is 35.7 Å². The molecular formula is C23H27ClN4O7. The first-order chi connectivity index (χ1) is 16.4. The summed E-state index contributed by atoms with van der Waals surface area (Å²) in [7, 11) is 3.05. The quantitative estimate of drug-likeness (QED) is 0.307. The van der Waals surface area contributed by atoms with Gasteiger partial charge in [0.2, 0.25) is 5.91 Å². The van der Waals surface area contributed by atoms with Crippen LogP contribution in [0.15, 0.2) is 0 Å². The van der Waals surface area contributed by atoms with Gasteiger partial charge in [-0.2, -0.15) is 0 Å². The van der Waals surface area contributed by atoms with Crippen molar-refractivity contribution < 1.29 is 34.2 Å². The van der Waals surface area contributed by atoms with E-state index in [0.29, 0.717) is 13.0 Å². The second-order valence-corrected chi connectivity index (χ2v) is 10.0. The third kappa shape index (κ3) is 3.47. The van der Waals surface area contributed by atoms with Gasteiger partial charge >= 0.3 is 0 Å². The number of amides is 1. The monoisotopic (exact) mass is 506 g/mol. The number of pyridine rings is 1. The van der Waals surface area contributed by atoms with E-state index in [1.165, 1.54) is 19.0 Å². The Labute approximate surface area is 206 Å². The normalized spacial score (nSPS) is 32.2. The average molecular weight is 507 g/mol. The van der Waals surface area contributed by atoms with Crippen molar-refractivity contribution in [1.82, 2.24) is 9.88 Å². The van der Waals surface area contributed by atoms with Crippen molar-refractivity contribution in [3.8, 4) is 5.75 Å². The Balaban J connectivity index is 1.85. The van der Waals surface area contributed by atoms with E-state index < -0.39 is 70.1 Å². The van der Waals surface area contributed by atoms with Crippen LogP contribution in [-0.2, 0) is 25.6 Å². The molecule has 2 saturated carbocycles. The van der Waals surface area contributed by atoms with Gasteiger partial charge in [0.25, 0.3) is 0 Å². The Hall–Kier alpha value is -2.89. The van der Waals surface area contributed by atoms with Gasteiger partial charge in [-0.25, -0.2) is 4.98 Å². The van der Waals surface area contributed by atoms with Gasteiger partial charge in [-0.05, 0) is 39.3 Å². The van der Waals surface area contributed by atoms with Gasteiger partial charge in [-0.1, -0.05) is 18.5 Å². The molecule has 4 rings (SSSR count). The van der Waals surface area contributed by atoms with Gasteiger partial charge in [0, 0.05) is 18.0 Å². The summed E-state index contributed by atoms with van der Waals surface area (Å²) in [5.41, 5.74) is 2.62. The highest BCUT2D eigenvalue weighted by atomic mass is 35.5. The number of carbonyl (C=O) groups excluding carboxylic acids is 5. The van der Waals surface area contributed by atoms with Crippen LogP contribution >= 0.6 is 11.6 Å². The van der Waals surface area contributed by atoms with Crippen molar-refractivity contribution in [2.45, 2.75) is 37.8 Å². The Morgan fingerprint density at radius 1 is 1.26 bits per heavy atom. The predicted octanol–water partition coefficient (Wildman–Crippen LogP) is -0.263. The van der Waals surface area contributed by atoms with Crippen LogP contribution in [-0.4, -0.2) is 81.4 Å². The number of carbonyl (C=O) groups is 5. The maximum Gasteiger partial charge on any atom is 0.235 e. The molecular weight excluding hydrogens is 480 g/mol. The van der Waals surface area contributed by atoms with E-state index in [9.17, 15) is 34.2 Å². The number of nitrogens with two attached hydrogens (primary N) is 1. The molecule has 35 heavy (non-hydrogen) atoms. The molecule has 6 atom stereocenters. The number of fused-ring (bicyclic) bond motifs is 3. The standard InChI is InChI=1S/C23H27ClN4O7/c1-4-5-26-22-17(31)12-9(20(24)27-22)6-8-7-10-14(28(2)3)16(30)13(21(25)34)19(33)23(10,35)18(32)11(8)15(12)29/h8,10-11,13-14,31,35H,4-7H2,1-3H3,(H2,25,34)(H,26,27)/t8-,10-,11?,13?,14-,23-/m0/s1. The number of anilines is 1. The van der Waals surface area contributed by atoms with Crippen LogP contribution in [0.3, 0.4) is 0 Å². The lowest BCUT2D eigenvalue weighted by atomic mass is 9.52. The van der Waals surface area contributed by atoms with Gasteiger partial charge in [0.1, 0.15) is 5.15 Å². The summed E-state index contributed by atoms with van der Waals surface area (Å²) in [6.45, 7) is 2.34. The number of likely N-dealkylation sites (N-methyl/N-ethyl adjacent to an activating group) is 1. The number of aromatic nitrogens is 1. The first-order valence-electron chi connectivity index (χ1n) is 11.4. The highest BCUT2D eigenvalue weighted by Gasteiger charge is 2.69. The van der Waals surface area contributed by atoms with E-state index in [1.807, 2.05) is 6.92 Å². The Bertz CT molecular complexity index is 1170. The van der Waals surface area contributed by atoms with Gasteiger partial charge < -0.3 is 21.3 Å². The molecule has 1 amide bonds. The van der Waals surface area contributed by atoms with Crippen molar-refractivity contribution >= 4 is 46.5 Å². The Morgan fingerprint density at radius 2 is 1.91 bits per heavy atom. The van der Waals surface area contributed by atoms with Crippen molar-refractivity contribution in [2.24, 2.45) is 29.4 Å². The Morgan fingerprint density at radius 3 is 2.49 bits per heavy atom. The molecule has 1 aromatic heterocycles. The molecule has 0 radical (unpaired) electrons. The highest BCUT2D eigenvalue weighted by molar-refractivity contribution is 6.34. The lowest BCUT2D eigenvalue weighted by Gasteiger charge is -2.52. The number of halogens is 1. The van der Waals surface area contributed by atoms with Crippen LogP contribution in [0.5, 0.6) is 5.75 Å². The summed E-state index contributed by atoms with van der Waals surface area (Å²) >= 11 is 6.36. The topological polar surface area (TPSA) is 180 Å². The summed E-state index contributed by atoms with van der Waals surface area (Å²) < 4.78 is 0. The highest BCUT2D eigenvalue weighted by Crippen LogP contribution is 2.51. The molecule has 5 N–H and O–H groups in total. The number of primary amides is 1. The maximum absolute atomic E-state index is 13.7. The number of hydrogen-bond acceptors (Lipinski definition) is 10. The number of aliphatic hydroxyl groups is 1. The smallest absolute Gasteiger partial charge is 0.235 e. The zero-order chi connectivity index (χ0) is 26.0. The van der Waals surface area contributed by atoms with E-state index in [1.54, 1.807) is 0 Å². The van der Waals surface area contributed by atoms with E-state index in [0.717, 1.165) is 0 Å². The number of rotatable bonds is 5. The predicted molar refractivity (Wildman–Crippen MR) is 123 cm³/mol. The zero-order valence-corrected chi connectivity index (χ0v) is 20.3. The SMILES string of the molecule is CCCNc1nc(Cl)c2c(c1O)C(=O)C1C(=O)[C@]3(O)C(=O)C(C(N)=O)C(=O)[C@@H](N(C)C)[C@@H]3C[C@@H]1C2. The lowest BCUT2D eigenvalue weighted by Crippen LogP contribution is -2.74. The van der Waals surface area contributed by atoms with Crippen LogP contribution < -0.4 is 11.1 Å². The van der Waals surface area contributed by atoms with E-state index in [-0.39, 0.29) is 34.9 Å². The van der Waals surface area contributed by atoms with Crippen molar-refractivity contribution in [3.63, 3.8) is 0 Å². The van der Waals surface area contributed by atoms with Crippen LogP contribution in [0.25, 0.3) is 0 Å².